The average molecular weight is 229 g/mol. The van der Waals surface area contributed by atoms with Gasteiger partial charge < -0.3 is 10.8 Å². The molecule has 0 aromatic heterocycles. The lowest BCUT2D eigenvalue weighted by Gasteiger charge is -2.41. The van der Waals surface area contributed by atoms with Crippen molar-refractivity contribution in [2.45, 2.75) is 56.6 Å². The third-order valence-corrected chi connectivity index (χ3v) is 5.53. The van der Waals surface area contributed by atoms with Crippen molar-refractivity contribution in [1.29, 1.82) is 0 Å². The highest BCUT2D eigenvalue weighted by molar-refractivity contribution is 7.99. The summed E-state index contributed by atoms with van der Waals surface area (Å²) in [5.41, 5.74) is 5.53. The standard InChI is InChI=1S/C12H23NOS/c1-10-3-2-5-12(14,6-4-10)11(13)7-8-15-9-11/h10,14H,2-9,13H2,1H3. The first-order valence-corrected chi connectivity index (χ1v) is 7.30. The first-order valence-electron chi connectivity index (χ1n) is 6.15. The Morgan fingerprint density at radius 2 is 2.07 bits per heavy atom. The van der Waals surface area contributed by atoms with Crippen molar-refractivity contribution in [3.05, 3.63) is 0 Å². The van der Waals surface area contributed by atoms with Gasteiger partial charge in [0.2, 0.25) is 0 Å². The van der Waals surface area contributed by atoms with E-state index in [0.29, 0.717) is 0 Å². The Morgan fingerprint density at radius 3 is 2.73 bits per heavy atom. The molecule has 88 valence electrons. The zero-order valence-corrected chi connectivity index (χ0v) is 10.5. The Bertz CT molecular complexity index is 228. The van der Waals surface area contributed by atoms with Crippen molar-refractivity contribution in [2.24, 2.45) is 11.7 Å². The minimum Gasteiger partial charge on any atom is -0.388 e. The van der Waals surface area contributed by atoms with Crippen LogP contribution in [-0.2, 0) is 0 Å². The monoisotopic (exact) mass is 229 g/mol. The van der Waals surface area contributed by atoms with Gasteiger partial charge in [0.15, 0.2) is 0 Å². The minimum atomic E-state index is -0.582. The van der Waals surface area contributed by atoms with E-state index in [1.54, 1.807) is 0 Å². The van der Waals surface area contributed by atoms with Gasteiger partial charge in [-0.05, 0) is 37.4 Å². The molecule has 1 saturated carbocycles. The van der Waals surface area contributed by atoms with Gasteiger partial charge in [0.05, 0.1) is 11.1 Å². The molecule has 1 aliphatic heterocycles. The highest BCUT2D eigenvalue weighted by Crippen LogP contribution is 2.42. The number of thioether (sulfide) groups is 1. The van der Waals surface area contributed by atoms with Gasteiger partial charge in [-0.25, -0.2) is 0 Å². The van der Waals surface area contributed by atoms with Gasteiger partial charge in [-0.15, -0.1) is 0 Å². The van der Waals surface area contributed by atoms with Crippen LogP contribution in [-0.4, -0.2) is 27.8 Å². The van der Waals surface area contributed by atoms with Gasteiger partial charge in [-0.1, -0.05) is 19.8 Å². The van der Waals surface area contributed by atoms with E-state index >= 15 is 0 Å². The van der Waals surface area contributed by atoms with Gasteiger partial charge in [-0.3, -0.25) is 0 Å². The average Bonchev–Trinajstić information content (AvgIpc) is 2.56. The Hall–Kier alpha value is 0.270. The van der Waals surface area contributed by atoms with E-state index in [9.17, 15) is 5.11 Å². The molecule has 2 rings (SSSR count). The second-order valence-corrected chi connectivity index (χ2v) is 6.63. The molecular formula is C12H23NOS. The largest absolute Gasteiger partial charge is 0.388 e. The van der Waals surface area contributed by atoms with Crippen molar-refractivity contribution in [1.82, 2.24) is 0 Å². The summed E-state index contributed by atoms with van der Waals surface area (Å²) in [6, 6.07) is 0. The quantitative estimate of drug-likeness (QED) is 0.677. The van der Waals surface area contributed by atoms with Gasteiger partial charge in [0, 0.05) is 5.75 Å². The first kappa shape index (κ1) is 11.7. The molecule has 0 bridgehead atoms. The van der Waals surface area contributed by atoms with Crippen LogP contribution in [0.2, 0.25) is 0 Å². The molecule has 0 spiro atoms. The Kier molecular flexibility index (Phi) is 3.34. The van der Waals surface area contributed by atoms with E-state index in [-0.39, 0.29) is 5.54 Å². The van der Waals surface area contributed by atoms with Crippen LogP contribution in [0.15, 0.2) is 0 Å². The van der Waals surface area contributed by atoms with Crippen molar-refractivity contribution < 1.29 is 5.11 Å². The molecular weight excluding hydrogens is 206 g/mol. The molecule has 3 heteroatoms. The van der Waals surface area contributed by atoms with Crippen LogP contribution in [0.25, 0.3) is 0 Å². The van der Waals surface area contributed by atoms with Crippen molar-refractivity contribution in [3.8, 4) is 0 Å². The molecule has 2 aliphatic rings. The Balaban J connectivity index is 2.10. The van der Waals surface area contributed by atoms with Crippen molar-refractivity contribution in [2.75, 3.05) is 11.5 Å². The molecule has 1 saturated heterocycles. The fraction of sp³-hybridized carbons (Fsp3) is 1.00. The highest BCUT2D eigenvalue weighted by atomic mass is 32.2. The van der Waals surface area contributed by atoms with E-state index in [4.69, 9.17) is 5.73 Å². The lowest BCUT2D eigenvalue weighted by atomic mass is 9.75. The molecule has 0 amide bonds. The molecule has 0 aromatic carbocycles. The lowest BCUT2D eigenvalue weighted by Crippen LogP contribution is -2.60. The van der Waals surface area contributed by atoms with Gasteiger partial charge in [0.25, 0.3) is 0 Å². The van der Waals surface area contributed by atoms with Gasteiger partial charge in [0.1, 0.15) is 0 Å². The third-order valence-electron chi connectivity index (χ3n) is 4.32. The fourth-order valence-electron chi connectivity index (χ4n) is 2.94. The summed E-state index contributed by atoms with van der Waals surface area (Å²) in [4.78, 5) is 0. The van der Waals surface area contributed by atoms with Crippen LogP contribution < -0.4 is 5.73 Å². The maximum absolute atomic E-state index is 10.8. The van der Waals surface area contributed by atoms with Crippen LogP contribution in [0.3, 0.4) is 0 Å². The number of nitrogens with two attached hydrogens (primary N) is 1. The normalized spacial score (nSPS) is 47.8. The number of hydrogen-bond acceptors (Lipinski definition) is 3. The topological polar surface area (TPSA) is 46.2 Å². The smallest absolute Gasteiger partial charge is 0.0834 e. The highest BCUT2D eigenvalue weighted by Gasteiger charge is 2.49. The van der Waals surface area contributed by atoms with E-state index in [1.807, 2.05) is 11.8 Å². The summed E-state index contributed by atoms with van der Waals surface area (Å²) in [6.07, 6.45) is 6.34. The maximum atomic E-state index is 10.8. The van der Waals surface area contributed by atoms with Gasteiger partial charge in [-0.2, -0.15) is 11.8 Å². The van der Waals surface area contributed by atoms with E-state index in [1.165, 1.54) is 6.42 Å². The molecule has 3 N–H and O–H groups in total. The van der Waals surface area contributed by atoms with Crippen molar-refractivity contribution in [3.63, 3.8) is 0 Å². The number of hydrogen-bond donors (Lipinski definition) is 2. The molecule has 2 nitrogen and oxygen atoms in total. The number of rotatable bonds is 1. The summed E-state index contributed by atoms with van der Waals surface area (Å²) >= 11 is 1.90. The molecule has 0 aromatic rings. The molecule has 3 atom stereocenters. The molecule has 2 fully saturated rings. The summed E-state index contributed by atoms with van der Waals surface area (Å²) in [5.74, 6) is 2.82. The lowest BCUT2D eigenvalue weighted by molar-refractivity contribution is -0.0391. The second kappa shape index (κ2) is 4.27. The molecule has 15 heavy (non-hydrogen) atoms. The summed E-state index contributed by atoms with van der Waals surface area (Å²) in [5, 5.41) is 10.8. The van der Waals surface area contributed by atoms with Crippen LogP contribution in [0, 0.1) is 5.92 Å². The van der Waals surface area contributed by atoms with E-state index in [0.717, 1.165) is 49.5 Å². The molecule has 1 aliphatic carbocycles. The Labute approximate surface area is 97.0 Å². The van der Waals surface area contributed by atoms with Crippen LogP contribution in [0.5, 0.6) is 0 Å². The zero-order valence-electron chi connectivity index (χ0n) is 9.67. The van der Waals surface area contributed by atoms with Gasteiger partial charge >= 0.3 is 0 Å². The van der Waals surface area contributed by atoms with Crippen LogP contribution >= 0.6 is 11.8 Å². The summed E-state index contributed by atoms with van der Waals surface area (Å²) < 4.78 is 0. The predicted octanol–water partition coefficient (Wildman–Crippen LogP) is 2.15. The molecule has 1 heterocycles. The van der Waals surface area contributed by atoms with E-state index in [2.05, 4.69) is 6.92 Å². The third kappa shape index (κ3) is 2.20. The minimum absolute atomic E-state index is 0.304. The zero-order chi connectivity index (χ0) is 10.9. The SMILES string of the molecule is CC1CCCC(O)(C2(N)CCSC2)CC1. The van der Waals surface area contributed by atoms with E-state index < -0.39 is 5.60 Å². The van der Waals surface area contributed by atoms with Crippen LogP contribution in [0.4, 0.5) is 0 Å². The summed E-state index contributed by atoms with van der Waals surface area (Å²) in [7, 11) is 0. The summed E-state index contributed by atoms with van der Waals surface area (Å²) in [6.45, 7) is 2.29. The van der Waals surface area contributed by atoms with Crippen molar-refractivity contribution >= 4 is 11.8 Å². The maximum Gasteiger partial charge on any atom is 0.0834 e. The Morgan fingerprint density at radius 1 is 1.27 bits per heavy atom. The number of aliphatic hydroxyl groups is 1. The molecule has 0 radical (unpaired) electrons. The fourth-order valence-corrected chi connectivity index (χ4v) is 4.37. The predicted molar refractivity (Wildman–Crippen MR) is 66.1 cm³/mol. The van der Waals surface area contributed by atoms with Crippen LogP contribution in [0.1, 0.15) is 45.4 Å². The molecule has 3 unspecified atom stereocenters. The first-order chi connectivity index (χ1) is 7.06. The second-order valence-electron chi connectivity index (χ2n) is 5.53.